The minimum absolute atomic E-state index is 0.0722. The smallest absolute Gasteiger partial charge is 0.231 e. The lowest BCUT2D eigenvalue weighted by molar-refractivity contribution is -0.913. The highest BCUT2D eigenvalue weighted by atomic mass is 16.7. The third-order valence-corrected chi connectivity index (χ3v) is 5.23. The number of nitrogens with one attached hydrogen (secondary N) is 1. The number of phenolic OH excluding ortho intramolecular Hbond substituents is 1. The average molecular weight is 358 g/mol. The Morgan fingerprint density at radius 1 is 1.00 bits per heavy atom. The molecule has 26 heavy (non-hydrogen) atoms. The van der Waals surface area contributed by atoms with Gasteiger partial charge in [0.05, 0.1) is 38.4 Å². The highest BCUT2D eigenvalue weighted by Crippen LogP contribution is 2.43. The van der Waals surface area contributed by atoms with Crippen LogP contribution >= 0.6 is 0 Å². The molecule has 1 fully saturated rings. The number of phenols is 1. The number of ether oxygens (including phenoxy) is 4. The molecule has 0 amide bonds. The Labute approximate surface area is 152 Å². The van der Waals surface area contributed by atoms with Crippen LogP contribution in [0.3, 0.4) is 0 Å². The van der Waals surface area contributed by atoms with Crippen LogP contribution in [-0.2, 0) is 0 Å². The van der Waals surface area contributed by atoms with Crippen molar-refractivity contribution in [1.29, 1.82) is 0 Å². The van der Waals surface area contributed by atoms with Gasteiger partial charge < -0.3 is 29.0 Å². The van der Waals surface area contributed by atoms with Gasteiger partial charge in [-0.05, 0) is 18.2 Å². The first-order valence-electron chi connectivity index (χ1n) is 8.91. The highest BCUT2D eigenvalue weighted by molar-refractivity contribution is 5.56. The largest absolute Gasteiger partial charge is 0.507 e. The van der Waals surface area contributed by atoms with E-state index in [0.29, 0.717) is 23.0 Å². The van der Waals surface area contributed by atoms with Crippen molar-refractivity contribution in [3.8, 4) is 28.7 Å². The van der Waals surface area contributed by atoms with Gasteiger partial charge in [0.15, 0.2) is 23.0 Å². The first kappa shape index (κ1) is 16.8. The van der Waals surface area contributed by atoms with Crippen molar-refractivity contribution in [1.82, 2.24) is 0 Å². The summed E-state index contributed by atoms with van der Waals surface area (Å²) in [5.41, 5.74) is 1.82. The molecule has 2 aliphatic heterocycles. The molecule has 2 aliphatic rings. The number of aromatic hydroxyl groups is 1. The zero-order valence-electron chi connectivity index (χ0n) is 15.1. The summed E-state index contributed by atoms with van der Waals surface area (Å²) in [6.45, 7) is 2.26. The van der Waals surface area contributed by atoms with E-state index in [1.165, 1.54) is 17.7 Å². The van der Waals surface area contributed by atoms with Crippen LogP contribution in [0.5, 0.6) is 28.7 Å². The molecule has 138 valence electrons. The third-order valence-electron chi connectivity index (χ3n) is 5.23. The molecule has 0 aromatic heterocycles. The number of rotatable bonds is 5. The van der Waals surface area contributed by atoms with Gasteiger partial charge in [0.2, 0.25) is 6.79 Å². The van der Waals surface area contributed by atoms with Crippen LogP contribution in [0.4, 0.5) is 0 Å². The van der Waals surface area contributed by atoms with Gasteiger partial charge in [0.25, 0.3) is 0 Å². The van der Waals surface area contributed by atoms with E-state index in [2.05, 4.69) is 0 Å². The number of hydrogen-bond donors (Lipinski definition) is 2. The molecule has 2 aromatic carbocycles. The molecule has 2 heterocycles. The molecule has 0 radical (unpaired) electrons. The molecular formula is C20H24NO5+. The van der Waals surface area contributed by atoms with Crippen molar-refractivity contribution in [2.75, 3.05) is 34.1 Å². The van der Waals surface area contributed by atoms with Crippen molar-refractivity contribution in [2.45, 2.75) is 18.9 Å². The SMILES string of the molecule is COc1cccc([C@H](c2cc3c(cc2O)OCO3)[NH+]2CCCC2)c1OC. The van der Waals surface area contributed by atoms with Crippen LogP contribution in [-0.4, -0.2) is 39.2 Å². The van der Waals surface area contributed by atoms with Gasteiger partial charge in [-0.15, -0.1) is 0 Å². The lowest BCUT2D eigenvalue weighted by atomic mass is 9.94. The van der Waals surface area contributed by atoms with Gasteiger partial charge >= 0.3 is 0 Å². The van der Waals surface area contributed by atoms with Gasteiger partial charge in [-0.2, -0.15) is 0 Å². The Kier molecular flexibility index (Phi) is 4.51. The molecule has 6 heteroatoms. The normalized spacial score (nSPS) is 17.3. The van der Waals surface area contributed by atoms with Crippen LogP contribution in [0.1, 0.15) is 30.0 Å². The zero-order valence-corrected chi connectivity index (χ0v) is 15.1. The average Bonchev–Trinajstić information content (AvgIpc) is 3.33. The van der Waals surface area contributed by atoms with Crippen LogP contribution in [0, 0.1) is 0 Å². The molecule has 1 saturated heterocycles. The van der Waals surface area contributed by atoms with Crippen molar-refractivity contribution in [2.24, 2.45) is 0 Å². The Balaban J connectivity index is 1.87. The van der Waals surface area contributed by atoms with Crippen molar-refractivity contribution in [3.63, 3.8) is 0 Å². The molecule has 0 spiro atoms. The summed E-state index contributed by atoms with van der Waals surface area (Å²) in [6.07, 6.45) is 2.34. The summed E-state index contributed by atoms with van der Waals surface area (Å²) in [4.78, 5) is 1.39. The monoisotopic (exact) mass is 358 g/mol. The fraction of sp³-hybridized carbons (Fsp3) is 0.400. The minimum atomic E-state index is -0.0722. The van der Waals surface area contributed by atoms with Crippen LogP contribution in [0.2, 0.25) is 0 Å². The summed E-state index contributed by atoms with van der Waals surface area (Å²) in [7, 11) is 3.29. The number of benzene rings is 2. The Morgan fingerprint density at radius 2 is 1.73 bits per heavy atom. The lowest BCUT2D eigenvalue weighted by Crippen LogP contribution is -3.10. The molecule has 2 N–H and O–H groups in total. The van der Waals surface area contributed by atoms with Crippen LogP contribution in [0.15, 0.2) is 30.3 Å². The second-order valence-electron chi connectivity index (χ2n) is 6.65. The molecule has 0 unspecified atom stereocenters. The van der Waals surface area contributed by atoms with E-state index >= 15 is 0 Å². The Bertz CT molecular complexity index is 801. The molecule has 4 rings (SSSR count). The van der Waals surface area contributed by atoms with Crippen LogP contribution < -0.4 is 23.8 Å². The van der Waals surface area contributed by atoms with Gasteiger partial charge in [-0.25, -0.2) is 0 Å². The number of fused-ring (bicyclic) bond motifs is 1. The van der Waals surface area contributed by atoms with Gasteiger partial charge in [0, 0.05) is 18.9 Å². The van der Waals surface area contributed by atoms with E-state index in [9.17, 15) is 5.11 Å². The maximum absolute atomic E-state index is 10.7. The molecule has 0 saturated carbocycles. The predicted molar refractivity (Wildman–Crippen MR) is 95.5 cm³/mol. The number of likely N-dealkylation sites (tertiary alicyclic amines) is 1. The molecule has 0 bridgehead atoms. The molecule has 6 nitrogen and oxygen atoms in total. The number of para-hydroxylation sites is 1. The summed E-state index contributed by atoms with van der Waals surface area (Å²) in [6, 6.07) is 9.36. The van der Waals surface area contributed by atoms with E-state index in [0.717, 1.165) is 24.2 Å². The fourth-order valence-corrected chi connectivity index (χ4v) is 4.04. The van der Waals surface area contributed by atoms with E-state index < -0.39 is 0 Å². The van der Waals surface area contributed by atoms with Gasteiger partial charge in [-0.3, -0.25) is 0 Å². The minimum Gasteiger partial charge on any atom is -0.507 e. The van der Waals surface area contributed by atoms with E-state index in [4.69, 9.17) is 18.9 Å². The fourth-order valence-electron chi connectivity index (χ4n) is 4.04. The molecule has 2 aromatic rings. The summed E-state index contributed by atoms with van der Waals surface area (Å²) in [5, 5.41) is 10.7. The summed E-state index contributed by atoms with van der Waals surface area (Å²) >= 11 is 0. The zero-order chi connectivity index (χ0) is 18.1. The molecular weight excluding hydrogens is 334 g/mol. The quantitative estimate of drug-likeness (QED) is 0.855. The topological polar surface area (TPSA) is 61.6 Å². The first-order chi connectivity index (χ1) is 12.7. The standard InChI is InChI=1S/C20H23NO5/c1-23-16-7-5-6-13(20(16)24-2)19(21-8-3-4-9-21)14-10-17-18(11-15(14)22)26-12-25-17/h5-7,10-11,19,22H,3-4,8-9,12H2,1-2H3/p+1/t19-/m1/s1. The summed E-state index contributed by atoms with van der Waals surface area (Å²) in [5.74, 6) is 2.86. The second-order valence-corrected chi connectivity index (χ2v) is 6.65. The van der Waals surface area contributed by atoms with Gasteiger partial charge in [-0.1, -0.05) is 6.07 Å². The predicted octanol–water partition coefficient (Wildman–Crippen LogP) is 1.91. The molecule has 0 aliphatic carbocycles. The highest BCUT2D eigenvalue weighted by Gasteiger charge is 2.35. The van der Waals surface area contributed by atoms with Gasteiger partial charge in [0.1, 0.15) is 11.8 Å². The second kappa shape index (κ2) is 6.96. The maximum Gasteiger partial charge on any atom is 0.231 e. The Hall–Kier alpha value is -2.60. The van der Waals surface area contributed by atoms with Crippen LogP contribution in [0.25, 0.3) is 0 Å². The maximum atomic E-state index is 10.7. The van der Waals surface area contributed by atoms with Crippen molar-refractivity contribution >= 4 is 0 Å². The Morgan fingerprint density at radius 3 is 2.42 bits per heavy atom. The third kappa shape index (κ3) is 2.80. The number of hydrogen-bond acceptors (Lipinski definition) is 5. The van der Waals surface area contributed by atoms with E-state index in [-0.39, 0.29) is 18.6 Å². The lowest BCUT2D eigenvalue weighted by Gasteiger charge is -2.27. The molecule has 1 atom stereocenters. The number of quaternary nitrogens is 1. The first-order valence-corrected chi connectivity index (χ1v) is 8.91. The van der Waals surface area contributed by atoms with Crippen molar-refractivity contribution < 1.29 is 29.0 Å². The van der Waals surface area contributed by atoms with Crippen molar-refractivity contribution in [3.05, 3.63) is 41.5 Å². The summed E-state index contributed by atoms with van der Waals surface area (Å²) < 4.78 is 22.1. The number of methoxy groups -OCH3 is 2. The van der Waals surface area contributed by atoms with E-state index in [1.807, 2.05) is 24.3 Å². The van der Waals surface area contributed by atoms with E-state index in [1.54, 1.807) is 20.3 Å².